The quantitative estimate of drug-likeness (QED) is 0.697. The molecule has 4 nitrogen and oxygen atoms in total. The molecule has 1 aliphatic carbocycles. The molecule has 0 unspecified atom stereocenters. The fourth-order valence-electron chi connectivity index (χ4n) is 1.34. The van der Waals surface area contributed by atoms with Gasteiger partial charge in [-0.25, -0.2) is 4.79 Å². The van der Waals surface area contributed by atoms with Gasteiger partial charge in [-0.3, -0.25) is 0 Å². The Morgan fingerprint density at radius 3 is 2.80 bits per heavy atom. The van der Waals surface area contributed by atoms with Crippen molar-refractivity contribution in [3.63, 3.8) is 0 Å². The summed E-state index contributed by atoms with van der Waals surface area (Å²) in [4.78, 5) is 10.6. The van der Waals surface area contributed by atoms with E-state index in [9.17, 15) is 9.90 Å². The topological polar surface area (TPSA) is 66.8 Å². The van der Waals surface area contributed by atoms with Gasteiger partial charge in [-0.1, -0.05) is 6.08 Å². The minimum atomic E-state index is -0.941. The van der Waals surface area contributed by atoms with Crippen molar-refractivity contribution < 1.29 is 19.7 Å². The molecule has 0 bridgehead atoms. The summed E-state index contributed by atoms with van der Waals surface area (Å²) in [6.07, 6.45) is 4.92. The number of aliphatic hydroxyl groups excluding tert-OH is 1. The Bertz CT molecular complexity index is 350. The van der Waals surface area contributed by atoms with Crippen molar-refractivity contribution in [2.75, 3.05) is 7.11 Å². The standard InChI is InChI=1S/C11H14O4/c1-7(11(13)14)5-8-3-4-9(12)10(6-8)15-2/h3-5,10,12H,6H2,1-2H3,(H,13,14)/b7-5-/t10-/m0/s1. The van der Waals surface area contributed by atoms with Crippen molar-refractivity contribution in [2.24, 2.45) is 0 Å². The van der Waals surface area contributed by atoms with Gasteiger partial charge in [-0.15, -0.1) is 0 Å². The van der Waals surface area contributed by atoms with Crippen LogP contribution in [0.1, 0.15) is 13.3 Å². The fourth-order valence-corrected chi connectivity index (χ4v) is 1.34. The van der Waals surface area contributed by atoms with Gasteiger partial charge in [-0.05, 0) is 24.6 Å². The Hall–Kier alpha value is -1.55. The predicted molar refractivity (Wildman–Crippen MR) is 55.6 cm³/mol. The molecule has 0 saturated carbocycles. The number of rotatable bonds is 3. The zero-order chi connectivity index (χ0) is 11.4. The number of aliphatic carboxylic acids is 1. The van der Waals surface area contributed by atoms with E-state index in [0.717, 1.165) is 5.57 Å². The smallest absolute Gasteiger partial charge is 0.331 e. The van der Waals surface area contributed by atoms with Gasteiger partial charge < -0.3 is 14.9 Å². The first-order valence-corrected chi connectivity index (χ1v) is 4.58. The van der Waals surface area contributed by atoms with Crippen molar-refractivity contribution in [3.05, 3.63) is 35.1 Å². The highest BCUT2D eigenvalue weighted by atomic mass is 16.5. The minimum absolute atomic E-state index is 0.169. The van der Waals surface area contributed by atoms with Crippen LogP contribution in [0.25, 0.3) is 0 Å². The number of carboxylic acid groups (broad SMARTS) is 1. The molecule has 1 aliphatic rings. The van der Waals surface area contributed by atoms with Crippen molar-refractivity contribution in [1.82, 2.24) is 0 Å². The maximum Gasteiger partial charge on any atom is 0.331 e. The summed E-state index contributed by atoms with van der Waals surface area (Å²) in [5.74, 6) is -0.772. The second kappa shape index (κ2) is 4.79. The first-order valence-electron chi connectivity index (χ1n) is 4.58. The highest BCUT2D eigenvalue weighted by Crippen LogP contribution is 2.21. The molecule has 0 radical (unpaired) electrons. The summed E-state index contributed by atoms with van der Waals surface area (Å²) in [7, 11) is 1.51. The van der Waals surface area contributed by atoms with Gasteiger partial charge >= 0.3 is 5.97 Å². The van der Waals surface area contributed by atoms with E-state index in [4.69, 9.17) is 9.84 Å². The van der Waals surface area contributed by atoms with E-state index in [0.29, 0.717) is 6.42 Å². The normalized spacial score (nSPS) is 22.0. The zero-order valence-corrected chi connectivity index (χ0v) is 8.73. The zero-order valence-electron chi connectivity index (χ0n) is 8.73. The summed E-state index contributed by atoms with van der Waals surface area (Å²) in [5.41, 5.74) is 1.10. The SMILES string of the molecule is CO[C@H]1CC(/C=C(/C)C(=O)O)=CC=C1O. The average Bonchev–Trinajstić information content (AvgIpc) is 2.20. The molecule has 0 heterocycles. The van der Waals surface area contributed by atoms with Gasteiger partial charge in [0.1, 0.15) is 11.9 Å². The maximum absolute atomic E-state index is 10.6. The van der Waals surface area contributed by atoms with Crippen LogP contribution in [0.5, 0.6) is 0 Å². The highest BCUT2D eigenvalue weighted by molar-refractivity contribution is 5.86. The molecule has 0 amide bonds. The van der Waals surface area contributed by atoms with Gasteiger partial charge in [0.05, 0.1) is 0 Å². The summed E-state index contributed by atoms with van der Waals surface area (Å²) >= 11 is 0. The number of allylic oxidation sites excluding steroid dienone is 3. The second-order valence-corrected chi connectivity index (χ2v) is 3.39. The highest BCUT2D eigenvalue weighted by Gasteiger charge is 2.17. The average molecular weight is 210 g/mol. The molecule has 0 fully saturated rings. The number of hydrogen-bond donors (Lipinski definition) is 2. The Balaban J connectivity index is 2.82. The first-order chi connectivity index (χ1) is 7.04. The number of ether oxygens (including phenoxy) is 1. The molecule has 4 heteroatoms. The lowest BCUT2D eigenvalue weighted by atomic mass is 9.99. The number of aliphatic hydroxyl groups is 1. The van der Waals surface area contributed by atoms with E-state index in [1.165, 1.54) is 20.1 Å². The van der Waals surface area contributed by atoms with Crippen LogP contribution in [0.2, 0.25) is 0 Å². The maximum atomic E-state index is 10.6. The molecule has 1 atom stereocenters. The monoisotopic (exact) mass is 210 g/mol. The minimum Gasteiger partial charge on any atom is -0.510 e. The Labute approximate surface area is 88.2 Å². The summed E-state index contributed by atoms with van der Waals surface area (Å²) < 4.78 is 5.04. The van der Waals surface area contributed by atoms with Gasteiger partial charge in [0.15, 0.2) is 0 Å². The van der Waals surface area contributed by atoms with Crippen molar-refractivity contribution in [1.29, 1.82) is 0 Å². The van der Waals surface area contributed by atoms with Gasteiger partial charge in [0.2, 0.25) is 0 Å². The van der Waals surface area contributed by atoms with E-state index in [1.807, 2.05) is 0 Å². The van der Waals surface area contributed by atoms with Gasteiger partial charge in [0.25, 0.3) is 0 Å². The van der Waals surface area contributed by atoms with Crippen LogP contribution in [0.3, 0.4) is 0 Å². The Morgan fingerprint density at radius 2 is 2.27 bits per heavy atom. The van der Waals surface area contributed by atoms with E-state index in [-0.39, 0.29) is 17.4 Å². The van der Waals surface area contributed by atoms with Gasteiger partial charge in [0, 0.05) is 19.1 Å². The molecular formula is C11H14O4. The van der Waals surface area contributed by atoms with Crippen LogP contribution < -0.4 is 0 Å². The third-order valence-electron chi connectivity index (χ3n) is 2.24. The second-order valence-electron chi connectivity index (χ2n) is 3.39. The third kappa shape index (κ3) is 2.95. The summed E-state index contributed by atoms with van der Waals surface area (Å²) in [5, 5.41) is 18.1. The fraction of sp³-hybridized carbons (Fsp3) is 0.364. The van der Waals surface area contributed by atoms with Crippen LogP contribution in [0, 0.1) is 0 Å². The van der Waals surface area contributed by atoms with Crippen LogP contribution in [-0.4, -0.2) is 29.4 Å². The Morgan fingerprint density at radius 1 is 1.60 bits per heavy atom. The van der Waals surface area contributed by atoms with Crippen molar-refractivity contribution in [2.45, 2.75) is 19.4 Å². The predicted octanol–water partition coefficient (Wildman–Crippen LogP) is 1.80. The molecule has 0 saturated heterocycles. The van der Waals surface area contributed by atoms with E-state index < -0.39 is 5.97 Å². The lowest BCUT2D eigenvalue weighted by Crippen LogP contribution is -2.16. The molecule has 0 aliphatic heterocycles. The summed E-state index contributed by atoms with van der Waals surface area (Å²) in [6, 6.07) is 0. The van der Waals surface area contributed by atoms with Crippen molar-refractivity contribution >= 4 is 5.97 Å². The molecule has 0 aromatic heterocycles. The number of methoxy groups -OCH3 is 1. The lowest BCUT2D eigenvalue weighted by molar-refractivity contribution is -0.132. The summed E-state index contributed by atoms with van der Waals surface area (Å²) in [6.45, 7) is 1.53. The molecular weight excluding hydrogens is 196 g/mol. The van der Waals surface area contributed by atoms with Crippen LogP contribution in [-0.2, 0) is 9.53 Å². The molecule has 2 N–H and O–H groups in total. The molecule has 15 heavy (non-hydrogen) atoms. The van der Waals surface area contributed by atoms with Crippen LogP contribution >= 0.6 is 0 Å². The van der Waals surface area contributed by atoms with E-state index >= 15 is 0 Å². The Kier molecular flexibility index (Phi) is 3.68. The third-order valence-corrected chi connectivity index (χ3v) is 2.24. The molecule has 0 spiro atoms. The van der Waals surface area contributed by atoms with Crippen molar-refractivity contribution in [3.8, 4) is 0 Å². The number of carbonyl (C=O) groups is 1. The van der Waals surface area contributed by atoms with Gasteiger partial charge in [-0.2, -0.15) is 0 Å². The van der Waals surface area contributed by atoms with Crippen LogP contribution in [0.15, 0.2) is 35.1 Å². The molecule has 82 valence electrons. The van der Waals surface area contributed by atoms with E-state index in [1.54, 1.807) is 12.2 Å². The molecule has 1 rings (SSSR count). The first kappa shape index (κ1) is 11.5. The lowest BCUT2D eigenvalue weighted by Gasteiger charge is -2.18. The number of hydrogen-bond acceptors (Lipinski definition) is 3. The number of carboxylic acids is 1. The molecule has 0 aromatic carbocycles. The van der Waals surface area contributed by atoms with E-state index in [2.05, 4.69) is 0 Å². The van der Waals surface area contributed by atoms with Crippen LogP contribution in [0.4, 0.5) is 0 Å². The largest absolute Gasteiger partial charge is 0.510 e. The molecule has 0 aromatic rings.